The highest BCUT2D eigenvalue weighted by Crippen LogP contribution is 2.22. The molecule has 23 heavy (non-hydrogen) atoms. The van der Waals surface area contributed by atoms with Crippen molar-refractivity contribution in [3.05, 3.63) is 11.6 Å². The summed E-state index contributed by atoms with van der Waals surface area (Å²) >= 11 is 0. The van der Waals surface area contributed by atoms with Crippen LogP contribution in [0, 0.1) is 19.8 Å². The maximum Gasteiger partial charge on any atom is 0.239 e. The molecular formula is C17H29N5O. The van der Waals surface area contributed by atoms with Crippen LogP contribution in [0.5, 0.6) is 0 Å². The lowest BCUT2D eigenvalue weighted by molar-refractivity contribution is -0.136. The van der Waals surface area contributed by atoms with E-state index in [1.165, 1.54) is 6.42 Å². The van der Waals surface area contributed by atoms with Gasteiger partial charge in [-0.05, 0) is 58.9 Å². The molecule has 6 nitrogen and oxygen atoms in total. The Labute approximate surface area is 138 Å². The lowest BCUT2D eigenvalue weighted by Crippen LogP contribution is -2.50. The molecule has 3 rings (SSSR count). The quantitative estimate of drug-likeness (QED) is 0.846. The lowest BCUT2D eigenvalue weighted by atomic mass is 9.96. The fourth-order valence-electron chi connectivity index (χ4n) is 3.93. The summed E-state index contributed by atoms with van der Waals surface area (Å²) in [6.07, 6.45) is 4.69. The summed E-state index contributed by atoms with van der Waals surface area (Å²) in [5.41, 5.74) is 0. The molecular weight excluding hydrogens is 290 g/mol. The normalized spacial score (nSPS) is 24.1. The van der Waals surface area contributed by atoms with Gasteiger partial charge in [-0.25, -0.2) is 9.67 Å². The minimum absolute atomic E-state index is 0.00878. The maximum absolute atomic E-state index is 12.6. The zero-order valence-electron chi connectivity index (χ0n) is 14.7. The fourth-order valence-corrected chi connectivity index (χ4v) is 3.93. The van der Waals surface area contributed by atoms with Gasteiger partial charge in [0.25, 0.3) is 0 Å². The van der Waals surface area contributed by atoms with Gasteiger partial charge in [0.15, 0.2) is 0 Å². The van der Waals surface area contributed by atoms with Gasteiger partial charge in [0.2, 0.25) is 5.91 Å². The lowest BCUT2D eigenvalue weighted by Gasteiger charge is -2.37. The molecule has 0 aliphatic carbocycles. The number of rotatable bonds is 4. The maximum atomic E-state index is 12.6. The molecule has 0 bridgehead atoms. The van der Waals surface area contributed by atoms with Crippen molar-refractivity contribution in [3.8, 4) is 0 Å². The summed E-state index contributed by atoms with van der Waals surface area (Å²) < 4.78 is 2.02. The topological polar surface area (TPSA) is 54.3 Å². The SMILES string of the molecule is Cc1nc(C)n(C[C@@H]2CCCN([C@@H](C)C(=O)N3CCCC3)C2)n1. The first kappa shape index (κ1) is 16.4. The summed E-state index contributed by atoms with van der Waals surface area (Å²) in [5, 5.41) is 4.48. The van der Waals surface area contributed by atoms with Crippen molar-refractivity contribution >= 4 is 5.91 Å². The number of carbonyl (C=O) groups excluding carboxylic acids is 1. The summed E-state index contributed by atoms with van der Waals surface area (Å²) in [7, 11) is 0. The van der Waals surface area contributed by atoms with E-state index in [2.05, 4.69) is 21.9 Å². The Morgan fingerprint density at radius 1 is 1.22 bits per heavy atom. The minimum atomic E-state index is 0.00878. The molecule has 2 aliphatic heterocycles. The molecule has 0 aromatic carbocycles. The molecule has 0 spiro atoms. The van der Waals surface area contributed by atoms with Gasteiger partial charge in [-0.3, -0.25) is 9.69 Å². The number of nitrogens with zero attached hydrogens (tertiary/aromatic N) is 5. The molecule has 2 fully saturated rings. The smallest absolute Gasteiger partial charge is 0.239 e. The van der Waals surface area contributed by atoms with Crippen molar-refractivity contribution < 1.29 is 4.79 Å². The summed E-state index contributed by atoms with van der Waals surface area (Å²) in [4.78, 5) is 21.4. The van der Waals surface area contributed by atoms with Crippen LogP contribution in [0.4, 0.5) is 0 Å². The van der Waals surface area contributed by atoms with Gasteiger partial charge < -0.3 is 4.90 Å². The largest absolute Gasteiger partial charge is 0.341 e. The number of carbonyl (C=O) groups is 1. The van der Waals surface area contributed by atoms with Crippen molar-refractivity contribution in [1.82, 2.24) is 24.6 Å². The minimum Gasteiger partial charge on any atom is -0.341 e. The van der Waals surface area contributed by atoms with Crippen LogP contribution >= 0.6 is 0 Å². The third kappa shape index (κ3) is 3.74. The Morgan fingerprint density at radius 3 is 2.61 bits per heavy atom. The third-order valence-corrected chi connectivity index (χ3v) is 5.27. The van der Waals surface area contributed by atoms with Crippen LogP contribution < -0.4 is 0 Å². The molecule has 0 saturated carbocycles. The van der Waals surface area contributed by atoms with Crippen molar-refractivity contribution in [3.63, 3.8) is 0 Å². The molecule has 0 unspecified atom stereocenters. The molecule has 2 atom stereocenters. The second-order valence-electron chi connectivity index (χ2n) is 7.10. The Hall–Kier alpha value is -1.43. The Morgan fingerprint density at radius 2 is 1.96 bits per heavy atom. The molecule has 3 heterocycles. The van der Waals surface area contributed by atoms with Crippen LogP contribution in [0.3, 0.4) is 0 Å². The van der Waals surface area contributed by atoms with Crippen LogP contribution in [-0.2, 0) is 11.3 Å². The average molecular weight is 319 g/mol. The monoisotopic (exact) mass is 319 g/mol. The van der Waals surface area contributed by atoms with Crippen molar-refractivity contribution in [2.45, 2.75) is 59.0 Å². The highest BCUT2D eigenvalue weighted by molar-refractivity contribution is 5.81. The molecule has 1 aromatic rings. The van der Waals surface area contributed by atoms with Gasteiger partial charge in [0, 0.05) is 26.2 Å². The first-order valence-corrected chi connectivity index (χ1v) is 8.95. The summed E-state index contributed by atoms with van der Waals surface area (Å²) in [5.74, 6) is 2.70. The van der Waals surface area contributed by atoms with Crippen LogP contribution in [0.2, 0.25) is 0 Å². The van der Waals surface area contributed by atoms with E-state index in [4.69, 9.17) is 0 Å². The number of hydrogen-bond donors (Lipinski definition) is 0. The standard InChI is InChI=1S/C17H29N5O/c1-13(17(23)20-8-4-5-9-20)21-10-6-7-16(11-21)12-22-15(3)18-14(2)19-22/h13,16H,4-12H2,1-3H3/t13-,16+/m0/s1. The molecule has 0 radical (unpaired) electrons. The fraction of sp³-hybridized carbons (Fsp3) is 0.824. The molecule has 6 heteroatoms. The number of piperidine rings is 1. The molecule has 1 aromatic heterocycles. The predicted molar refractivity (Wildman–Crippen MR) is 89.1 cm³/mol. The van der Waals surface area contributed by atoms with Crippen molar-refractivity contribution in [2.24, 2.45) is 5.92 Å². The highest BCUT2D eigenvalue weighted by atomic mass is 16.2. The van der Waals surface area contributed by atoms with E-state index in [0.717, 1.165) is 63.6 Å². The van der Waals surface area contributed by atoms with Crippen molar-refractivity contribution in [1.29, 1.82) is 0 Å². The van der Waals surface area contributed by atoms with Gasteiger partial charge in [0.1, 0.15) is 11.6 Å². The molecule has 2 saturated heterocycles. The predicted octanol–water partition coefficient (Wildman–Crippen LogP) is 1.62. The summed E-state index contributed by atoms with van der Waals surface area (Å²) in [6, 6.07) is 0.00878. The van der Waals surface area contributed by atoms with E-state index < -0.39 is 0 Å². The van der Waals surface area contributed by atoms with E-state index in [1.54, 1.807) is 0 Å². The van der Waals surface area contributed by atoms with E-state index in [-0.39, 0.29) is 6.04 Å². The molecule has 128 valence electrons. The highest BCUT2D eigenvalue weighted by Gasteiger charge is 2.31. The Bertz CT molecular complexity index is 549. The van der Waals surface area contributed by atoms with Gasteiger partial charge in [-0.1, -0.05) is 0 Å². The Balaban J connectivity index is 1.59. The van der Waals surface area contributed by atoms with Crippen molar-refractivity contribution in [2.75, 3.05) is 26.2 Å². The second-order valence-corrected chi connectivity index (χ2v) is 7.10. The van der Waals surface area contributed by atoms with Gasteiger partial charge in [-0.15, -0.1) is 0 Å². The van der Waals surface area contributed by atoms with E-state index >= 15 is 0 Å². The molecule has 0 N–H and O–H groups in total. The van der Waals surface area contributed by atoms with Crippen LogP contribution in [0.25, 0.3) is 0 Å². The number of aromatic nitrogens is 3. The van der Waals surface area contributed by atoms with E-state index in [1.807, 2.05) is 23.4 Å². The van der Waals surface area contributed by atoms with Crippen LogP contribution in [0.1, 0.15) is 44.3 Å². The van der Waals surface area contributed by atoms with Crippen LogP contribution in [0.15, 0.2) is 0 Å². The molecule has 2 aliphatic rings. The Kier molecular flexibility index (Phi) is 4.99. The molecule has 1 amide bonds. The zero-order valence-corrected chi connectivity index (χ0v) is 14.7. The average Bonchev–Trinajstić information content (AvgIpc) is 3.16. The zero-order chi connectivity index (χ0) is 16.4. The first-order valence-electron chi connectivity index (χ1n) is 8.95. The van der Waals surface area contributed by atoms with Gasteiger partial charge in [-0.2, -0.15) is 5.10 Å². The number of hydrogen-bond acceptors (Lipinski definition) is 4. The van der Waals surface area contributed by atoms with Gasteiger partial charge in [0.05, 0.1) is 6.04 Å². The van der Waals surface area contributed by atoms with E-state index in [0.29, 0.717) is 11.8 Å². The van der Waals surface area contributed by atoms with E-state index in [9.17, 15) is 4.79 Å². The third-order valence-electron chi connectivity index (χ3n) is 5.27. The number of likely N-dealkylation sites (tertiary alicyclic amines) is 2. The number of amides is 1. The summed E-state index contributed by atoms with van der Waals surface area (Å²) in [6.45, 7) is 10.8. The second kappa shape index (κ2) is 6.99. The first-order chi connectivity index (χ1) is 11.0. The number of aryl methyl sites for hydroxylation is 2. The van der Waals surface area contributed by atoms with Gasteiger partial charge >= 0.3 is 0 Å². The van der Waals surface area contributed by atoms with Crippen LogP contribution in [-0.4, -0.2) is 62.7 Å².